The van der Waals surface area contributed by atoms with Crippen LogP contribution in [-0.4, -0.2) is 4.98 Å². The molecule has 1 unspecified atom stereocenters. The highest BCUT2D eigenvalue weighted by atomic mass is 14.9. The van der Waals surface area contributed by atoms with E-state index in [1.807, 2.05) is 12.4 Å². The van der Waals surface area contributed by atoms with Gasteiger partial charge in [-0.15, -0.1) is 0 Å². The molecule has 3 rings (SSSR count). The standard InChI is InChI=1S/C19H20N2/c1-14-3-6-17(7-4-14)15(2)21-12-16-5-8-19-13-20-10-9-18(19)11-16/h3-11,13,15,21H,12H2,1-2H3. The molecule has 0 aliphatic carbocycles. The molecule has 1 aromatic heterocycles. The number of benzene rings is 2. The van der Waals surface area contributed by atoms with Gasteiger partial charge in [-0.25, -0.2) is 0 Å². The van der Waals surface area contributed by atoms with Crippen molar-refractivity contribution in [1.29, 1.82) is 0 Å². The highest BCUT2D eigenvalue weighted by Crippen LogP contribution is 2.17. The van der Waals surface area contributed by atoms with Crippen LogP contribution in [0.3, 0.4) is 0 Å². The van der Waals surface area contributed by atoms with Crippen LogP contribution in [0.15, 0.2) is 60.9 Å². The molecule has 0 amide bonds. The molecule has 0 saturated heterocycles. The Labute approximate surface area is 125 Å². The Morgan fingerprint density at radius 3 is 2.62 bits per heavy atom. The number of aryl methyl sites for hydroxylation is 1. The van der Waals surface area contributed by atoms with Crippen molar-refractivity contribution in [3.8, 4) is 0 Å². The maximum atomic E-state index is 4.15. The van der Waals surface area contributed by atoms with Crippen molar-refractivity contribution < 1.29 is 0 Å². The van der Waals surface area contributed by atoms with Crippen LogP contribution in [0.25, 0.3) is 10.8 Å². The van der Waals surface area contributed by atoms with Gasteiger partial charge in [-0.2, -0.15) is 0 Å². The molecule has 0 saturated carbocycles. The largest absolute Gasteiger partial charge is 0.306 e. The number of nitrogens with zero attached hydrogens (tertiary/aromatic N) is 1. The number of rotatable bonds is 4. The van der Waals surface area contributed by atoms with Crippen molar-refractivity contribution in [2.24, 2.45) is 0 Å². The molecule has 1 atom stereocenters. The molecule has 0 aliphatic heterocycles. The lowest BCUT2D eigenvalue weighted by molar-refractivity contribution is 0.575. The Hall–Kier alpha value is -2.19. The highest BCUT2D eigenvalue weighted by molar-refractivity contribution is 5.81. The Kier molecular flexibility index (Phi) is 3.98. The number of nitrogens with one attached hydrogen (secondary N) is 1. The maximum Gasteiger partial charge on any atom is 0.0346 e. The van der Waals surface area contributed by atoms with Gasteiger partial charge in [0.1, 0.15) is 0 Å². The summed E-state index contributed by atoms with van der Waals surface area (Å²) in [6.45, 7) is 5.19. The predicted octanol–water partition coefficient (Wildman–Crippen LogP) is 4.39. The molecule has 1 N–H and O–H groups in total. The molecule has 2 nitrogen and oxygen atoms in total. The molecule has 0 radical (unpaired) electrons. The van der Waals surface area contributed by atoms with Crippen molar-refractivity contribution in [2.75, 3.05) is 0 Å². The Morgan fingerprint density at radius 1 is 1.00 bits per heavy atom. The van der Waals surface area contributed by atoms with Crippen molar-refractivity contribution in [3.05, 3.63) is 77.6 Å². The van der Waals surface area contributed by atoms with Crippen LogP contribution in [0.2, 0.25) is 0 Å². The summed E-state index contributed by atoms with van der Waals surface area (Å²) >= 11 is 0. The summed E-state index contributed by atoms with van der Waals surface area (Å²) in [6, 6.07) is 17.6. The topological polar surface area (TPSA) is 24.9 Å². The van der Waals surface area contributed by atoms with Gasteiger partial charge < -0.3 is 5.32 Å². The zero-order valence-corrected chi connectivity index (χ0v) is 12.5. The van der Waals surface area contributed by atoms with Gasteiger partial charge in [-0.05, 0) is 42.5 Å². The first-order chi connectivity index (χ1) is 10.2. The molecular formula is C19H20N2. The van der Waals surface area contributed by atoms with Gasteiger partial charge in [0.25, 0.3) is 0 Å². The quantitative estimate of drug-likeness (QED) is 0.764. The van der Waals surface area contributed by atoms with Crippen LogP contribution in [0, 0.1) is 6.92 Å². The van der Waals surface area contributed by atoms with Crippen molar-refractivity contribution >= 4 is 10.8 Å². The first-order valence-electron chi connectivity index (χ1n) is 7.35. The molecule has 0 aliphatic rings. The number of hydrogen-bond donors (Lipinski definition) is 1. The fraction of sp³-hybridized carbons (Fsp3) is 0.211. The summed E-state index contributed by atoms with van der Waals surface area (Å²) in [6.07, 6.45) is 3.75. The van der Waals surface area contributed by atoms with Crippen molar-refractivity contribution in [2.45, 2.75) is 26.4 Å². The van der Waals surface area contributed by atoms with Crippen LogP contribution in [-0.2, 0) is 6.54 Å². The van der Waals surface area contributed by atoms with Gasteiger partial charge in [0.05, 0.1) is 0 Å². The third-order valence-corrected chi connectivity index (χ3v) is 3.89. The van der Waals surface area contributed by atoms with E-state index in [9.17, 15) is 0 Å². The van der Waals surface area contributed by atoms with Crippen LogP contribution in [0.4, 0.5) is 0 Å². The van der Waals surface area contributed by atoms with E-state index in [2.05, 4.69) is 72.7 Å². The smallest absolute Gasteiger partial charge is 0.0346 e. The van der Waals surface area contributed by atoms with Crippen LogP contribution >= 0.6 is 0 Å². The molecular weight excluding hydrogens is 256 g/mol. The Bertz CT molecular complexity index is 732. The molecule has 0 spiro atoms. The highest BCUT2D eigenvalue weighted by Gasteiger charge is 2.04. The van der Waals surface area contributed by atoms with E-state index in [-0.39, 0.29) is 0 Å². The van der Waals surface area contributed by atoms with E-state index in [0.29, 0.717) is 6.04 Å². The van der Waals surface area contributed by atoms with Crippen molar-refractivity contribution in [3.63, 3.8) is 0 Å². The minimum Gasteiger partial charge on any atom is -0.306 e. The van der Waals surface area contributed by atoms with Gasteiger partial charge in [0, 0.05) is 30.4 Å². The second kappa shape index (κ2) is 6.06. The van der Waals surface area contributed by atoms with E-state index >= 15 is 0 Å². The lowest BCUT2D eigenvalue weighted by atomic mass is 10.1. The monoisotopic (exact) mass is 276 g/mol. The second-order valence-electron chi connectivity index (χ2n) is 5.57. The van der Waals surface area contributed by atoms with Gasteiger partial charge in [-0.1, -0.05) is 42.0 Å². The number of aromatic nitrogens is 1. The van der Waals surface area contributed by atoms with Crippen LogP contribution in [0.5, 0.6) is 0 Å². The Balaban J connectivity index is 1.69. The fourth-order valence-electron chi connectivity index (χ4n) is 2.49. The Morgan fingerprint density at radius 2 is 1.81 bits per heavy atom. The van der Waals surface area contributed by atoms with Crippen LogP contribution in [0.1, 0.15) is 29.7 Å². The minimum absolute atomic E-state index is 0.346. The van der Waals surface area contributed by atoms with E-state index < -0.39 is 0 Å². The predicted molar refractivity (Wildman–Crippen MR) is 88.2 cm³/mol. The number of fused-ring (bicyclic) bond motifs is 1. The molecule has 2 aromatic carbocycles. The summed E-state index contributed by atoms with van der Waals surface area (Å²) in [4.78, 5) is 4.15. The molecule has 21 heavy (non-hydrogen) atoms. The van der Waals surface area contributed by atoms with Crippen LogP contribution < -0.4 is 5.32 Å². The normalized spacial score (nSPS) is 12.5. The van der Waals surface area contributed by atoms with Gasteiger partial charge >= 0.3 is 0 Å². The summed E-state index contributed by atoms with van der Waals surface area (Å²) < 4.78 is 0. The summed E-state index contributed by atoms with van der Waals surface area (Å²) in [7, 11) is 0. The average molecular weight is 276 g/mol. The van der Waals surface area contributed by atoms with E-state index in [0.717, 1.165) is 6.54 Å². The molecule has 0 fully saturated rings. The summed E-state index contributed by atoms with van der Waals surface area (Å²) in [5.41, 5.74) is 3.92. The first-order valence-corrected chi connectivity index (χ1v) is 7.35. The maximum absolute atomic E-state index is 4.15. The fourth-order valence-corrected chi connectivity index (χ4v) is 2.49. The molecule has 2 heteroatoms. The van der Waals surface area contributed by atoms with Gasteiger partial charge in [0.2, 0.25) is 0 Å². The summed E-state index contributed by atoms with van der Waals surface area (Å²) in [5, 5.41) is 6.01. The van der Waals surface area contributed by atoms with Gasteiger partial charge in [-0.3, -0.25) is 4.98 Å². The lowest BCUT2D eigenvalue weighted by Gasteiger charge is -2.15. The lowest BCUT2D eigenvalue weighted by Crippen LogP contribution is -2.18. The van der Waals surface area contributed by atoms with E-state index in [1.165, 1.54) is 27.5 Å². The SMILES string of the molecule is Cc1ccc(C(C)NCc2ccc3cnccc3c2)cc1. The number of pyridine rings is 1. The molecule has 0 bridgehead atoms. The molecule has 1 heterocycles. The third kappa shape index (κ3) is 3.29. The number of hydrogen-bond acceptors (Lipinski definition) is 2. The van der Waals surface area contributed by atoms with E-state index in [1.54, 1.807) is 0 Å². The summed E-state index contributed by atoms with van der Waals surface area (Å²) in [5.74, 6) is 0. The average Bonchev–Trinajstić information content (AvgIpc) is 2.53. The minimum atomic E-state index is 0.346. The molecule has 3 aromatic rings. The van der Waals surface area contributed by atoms with Crippen molar-refractivity contribution in [1.82, 2.24) is 10.3 Å². The molecule has 106 valence electrons. The third-order valence-electron chi connectivity index (χ3n) is 3.89. The van der Waals surface area contributed by atoms with Gasteiger partial charge in [0.15, 0.2) is 0 Å². The first kappa shape index (κ1) is 13.8. The van der Waals surface area contributed by atoms with E-state index in [4.69, 9.17) is 0 Å². The zero-order valence-electron chi connectivity index (χ0n) is 12.5. The zero-order chi connectivity index (χ0) is 14.7. The second-order valence-corrected chi connectivity index (χ2v) is 5.57.